The summed E-state index contributed by atoms with van der Waals surface area (Å²) in [6, 6.07) is 7.26. The second-order valence-electron chi connectivity index (χ2n) is 5.55. The van der Waals surface area contributed by atoms with Gasteiger partial charge in [-0.05, 0) is 30.2 Å². The first-order chi connectivity index (χ1) is 8.17. The molecule has 0 amide bonds. The summed E-state index contributed by atoms with van der Waals surface area (Å²) in [5.41, 5.74) is 0.808. The molecule has 1 aromatic rings. The smallest absolute Gasteiger partial charge is 0.154 e. The number of hydrogen-bond acceptors (Lipinski definition) is 2. The highest BCUT2D eigenvalue weighted by Crippen LogP contribution is 2.56. The lowest BCUT2D eigenvalue weighted by Crippen LogP contribution is -2.26. The van der Waals surface area contributed by atoms with Crippen molar-refractivity contribution in [2.24, 2.45) is 0 Å². The molecule has 1 atom stereocenters. The fraction of sp³-hybridized carbons (Fsp3) is 0.500. The molecule has 0 heterocycles. The van der Waals surface area contributed by atoms with E-state index in [1.165, 1.54) is 0 Å². The van der Waals surface area contributed by atoms with Crippen molar-refractivity contribution in [3.05, 3.63) is 34.9 Å². The molecule has 4 heteroatoms. The molecule has 0 fully saturated rings. The molecule has 0 aliphatic rings. The van der Waals surface area contributed by atoms with Crippen LogP contribution in [0, 0.1) is 0 Å². The lowest BCUT2D eigenvalue weighted by atomic mass is 10.1. The van der Waals surface area contributed by atoms with Crippen molar-refractivity contribution in [1.29, 1.82) is 0 Å². The van der Waals surface area contributed by atoms with Crippen LogP contribution in [0.15, 0.2) is 24.3 Å². The Morgan fingerprint density at radius 2 is 1.94 bits per heavy atom. The molecule has 0 aliphatic heterocycles. The third kappa shape index (κ3) is 3.74. The molecule has 1 rings (SSSR count). The van der Waals surface area contributed by atoms with Crippen LogP contribution in [-0.2, 0) is 8.98 Å². The van der Waals surface area contributed by atoms with Crippen LogP contribution in [0.2, 0.25) is 5.02 Å². The van der Waals surface area contributed by atoms with E-state index in [1.807, 2.05) is 12.1 Å². The van der Waals surface area contributed by atoms with Crippen LogP contribution in [0.1, 0.15) is 32.4 Å². The largest absolute Gasteiger partial charge is 0.321 e. The van der Waals surface area contributed by atoms with Crippen LogP contribution in [-0.4, -0.2) is 23.5 Å². The van der Waals surface area contributed by atoms with Gasteiger partial charge in [-0.2, -0.15) is 0 Å². The summed E-state index contributed by atoms with van der Waals surface area (Å²) in [5, 5.41) is 0.617. The van der Waals surface area contributed by atoms with E-state index in [0.29, 0.717) is 5.02 Å². The number of aldehydes is 1. The van der Waals surface area contributed by atoms with Gasteiger partial charge in [0.1, 0.15) is 0 Å². The fourth-order valence-electron chi connectivity index (χ4n) is 1.24. The predicted octanol–water partition coefficient (Wildman–Crippen LogP) is 4.37. The van der Waals surface area contributed by atoms with Gasteiger partial charge in [0.25, 0.3) is 0 Å². The van der Waals surface area contributed by atoms with Crippen LogP contribution >= 0.6 is 21.9 Å². The van der Waals surface area contributed by atoms with Crippen molar-refractivity contribution in [1.82, 2.24) is 0 Å². The summed E-state index contributed by atoms with van der Waals surface area (Å²) in [4.78, 5) is 11.3. The molecular formula is C14H21ClO2S. The first kappa shape index (κ1) is 15.5. The highest BCUT2D eigenvalue weighted by molar-refractivity contribution is 8.29. The van der Waals surface area contributed by atoms with E-state index in [0.717, 1.165) is 11.8 Å². The average molecular weight is 289 g/mol. The number of halogens is 1. The lowest BCUT2D eigenvalue weighted by molar-refractivity contribution is -0.113. The van der Waals surface area contributed by atoms with Crippen LogP contribution in [0.25, 0.3) is 0 Å². The lowest BCUT2D eigenvalue weighted by Gasteiger charge is -2.45. The monoisotopic (exact) mass is 288 g/mol. The molecule has 1 unspecified atom stereocenters. The number of rotatable bonds is 4. The van der Waals surface area contributed by atoms with Gasteiger partial charge in [-0.25, -0.2) is 0 Å². The van der Waals surface area contributed by atoms with E-state index in [2.05, 4.69) is 33.3 Å². The average Bonchev–Trinajstić information content (AvgIpc) is 2.24. The first-order valence-corrected chi connectivity index (χ1v) is 8.54. The van der Waals surface area contributed by atoms with Gasteiger partial charge in [0.05, 0.1) is 0 Å². The van der Waals surface area contributed by atoms with Gasteiger partial charge >= 0.3 is 0 Å². The van der Waals surface area contributed by atoms with E-state index in [4.69, 9.17) is 15.8 Å². The van der Waals surface area contributed by atoms with E-state index < -0.39 is 16.4 Å². The van der Waals surface area contributed by atoms with Crippen molar-refractivity contribution in [3.63, 3.8) is 0 Å². The molecule has 0 saturated carbocycles. The summed E-state index contributed by atoms with van der Waals surface area (Å²) in [5.74, 6) is 0. The van der Waals surface area contributed by atoms with E-state index in [1.54, 1.807) is 12.1 Å². The van der Waals surface area contributed by atoms with Crippen molar-refractivity contribution >= 4 is 28.2 Å². The zero-order valence-corrected chi connectivity index (χ0v) is 13.1. The minimum atomic E-state index is -1.34. The van der Waals surface area contributed by atoms with Crippen LogP contribution in [0.3, 0.4) is 0 Å². The Hall–Kier alpha value is -0.510. The van der Waals surface area contributed by atoms with E-state index >= 15 is 0 Å². The molecule has 0 radical (unpaired) electrons. The minimum Gasteiger partial charge on any atom is -0.321 e. The number of carbonyl (C=O) groups excluding carboxylic acids is 1. The molecule has 1 aromatic carbocycles. The van der Waals surface area contributed by atoms with Crippen LogP contribution in [0.4, 0.5) is 0 Å². The maximum Gasteiger partial charge on any atom is 0.154 e. The van der Waals surface area contributed by atoms with Gasteiger partial charge in [-0.15, -0.1) is 10.3 Å². The van der Waals surface area contributed by atoms with Gasteiger partial charge in [0.2, 0.25) is 0 Å². The molecule has 0 N–H and O–H groups in total. The Labute approximate surface area is 116 Å². The highest BCUT2D eigenvalue weighted by Gasteiger charge is 2.32. The van der Waals surface area contributed by atoms with Crippen molar-refractivity contribution in [2.45, 2.75) is 31.6 Å². The van der Waals surface area contributed by atoms with Crippen LogP contribution in [0.5, 0.6) is 0 Å². The van der Waals surface area contributed by atoms with Crippen molar-refractivity contribution < 1.29 is 8.98 Å². The second kappa shape index (κ2) is 5.64. The number of carbonyl (C=O) groups is 1. The Balaban J connectivity index is 2.96. The zero-order chi connectivity index (χ0) is 14.0. The Morgan fingerprint density at radius 1 is 1.33 bits per heavy atom. The number of benzene rings is 1. The van der Waals surface area contributed by atoms with Gasteiger partial charge < -0.3 is 8.98 Å². The second-order valence-corrected chi connectivity index (χ2v) is 9.87. The Kier molecular flexibility index (Phi) is 4.87. The third-order valence-corrected chi connectivity index (χ3v) is 6.99. The van der Waals surface area contributed by atoms with Crippen molar-refractivity contribution in [2.75, 3.05) is 12.5 Å². The molecule has 102 valence electrons. The predicted molar refractivity (Wildman–Crippen MR) is 80.5 cm³/mol. The first-order valence-electron chi connectivity index (χ1n) is 5.79. The topological polar surface area (TPSA) is 26.3 Å². The summed E-state index contributed by atoms with van der Waals surface area (Å²) in [7, 11) is -1.34. The standard InChI is InChI=1S/C14H21ClO2S/c1-14(2,3)18(4,5)17-13(10-16)11-7-6-8-12(15)9-11/h6-10,13H,1-5H3. The fourth-order valence-corrected chi connectivity index (χ4v) is 2.41. The van der Waals surface area contributed by atoms with Gasteiger partial charge in [-0.3, -0.25) is 0 Å². The minimum absolute atomic E-state index is 0.0207. The maximum atomic E-state index is 11.3. The summed E-state index contributed by atoms with van der Waals surface area (Å²) in [6.07, 6.45) is 4.45. The normalized spacial score (nSPS) is 15.2. The molecular weight excluding hydrogens is 268 g/mol. The van der Waals surface area contributed by atoms with E-state index in [9.17, 15) is 4.79 Å². The molecule has 2 nitrogen and oxygen atoms in total. The van der Waals surface area contributed by atoms with E-state index in [-0.39, 0.29) is 4.75 Å². The molecule has 0 bridgehead atoms. The SMILES string of the molecule is CC(C)(C)S(C)(C)OC(C=O)c1cccc(Cl)c1. The van der Waals surface area contributed by atoms with Gasteiger partial charge in [-0.1, -0.05) is 44.5 Å². The van der Waals surface area contributed by atoms with Gasteiger partial charge in [0.15, 0.2) is 12.4 Å². The quantitative estimate of drug-likeness (QED) is 0.769. The summed E-state index contributed by atoms with van der Waals surface area (Å²) >= 11 is 5.94. The molecule has 0 spiro atoms. The van der Waals surface area contributed by atoms with Gasteiger partial charge in [0, 0.05) is 9.77 Å². The summed E-state index contributed by atoms with van der Waals surface area (Å²) in [6.45, 7) is 6.38. The third-order valence-electron chi connectivity index (χ3n) is 3.12. The van der Waals surface area contributed by atoms with Crippen molar-refractivity contribution in [3.8, 4) is 0 Å². The Morgan fingerprint density at radius 3 is 2.39 bits per heavy atom. The summed E-state index contributed by atoms with van der Waals surface area (Å²) < 4.78 is 6.07. The molecule has 18 heavy (non-hydrogen) atoms. The molecule has 0 aliphatic carbocycles. The van der Waals surface area contributed by atoms with Crippen LogP contribution < -0.4 is 0 Å². The molecule has 0 saturated heterocycles. The maximum absolute atomic E-state index is 11.3. The molecule has 0 aromatic heterocycles. The zero-order valence-electron chi connectivity index (χ0n) is 11.6. The Bertz CT molecular complexity index is 424. The highest BCUT2D eigenvalue weighted by atomic mass is 35.5. The number of hydrogen-bond donors (Lipinski definition) is 0.